The molecule has 3 rings (SSSR count). The molecule has 100 valence electrons. The lowest BCUT2D eigenvalue weighted by atomic mass is 10.1. The fraction of sp³-hybridized carbons (Fsp3) is 0.333. The first-order valence-electron chi connectivity index (χ1n) is 6.40. The van der Waals surface area contributed by atoms with Gasteiger partial charge in [0, 0.05) is 28.9 Å². The summed E-state index contributed by atoms with van der Waals surface area (Å²) in [6.07, 6.45) is 2.52. The highest BCUT2D eigenvalue weighted by atomic mass is 35.5. The second kappa shape index (κ2) is 5.74. The number of nitrogens with zero attached hydrogens (tertiary/aromatic N) is 1. The van der Waals surface area contributed by atoms with Crippen molar-refractivity contribution in [1.29, 1.82) is 0 Å². The Morgan fingerprint density at radius 2 is 2.11 bits per heavy atom. The average Bonchev–Trinajstić information content (AvgIpc) is 3.13. The Kier molecular flexibility index (Phi) is 4.01. The second-order valence-electron chi connectivity index (χ2n) is 4.86. The molecular weight excluding hydrogens is 297 g/mol. The van der Waals surface area contributed by atoms with Crippen LogP contribution in [0.1, 0.15) is 24.0 Å². The molecule has 1 aromatic carbocycles. The number of alkyl halides is 1. The summed E-state index contributed by atoms with van der Waals surface area (Å²) in [6.45, 7) is 0.943. The zero-order chi connectivity index (χ0) is 13.2. The van der Waals surface area contributed by atoms with Crippen molar-refractivity contribution in [2.75, 3.05) is 4.90 Å². The third-order valence-corrected chi connectivity index (χ3v) is 4.81. The third kappa shape index (κ3) is 2.91. The van der Waals surface area contributed by atoms with E-state index in [1.807, 2.05) is 12.1 Å². The highest BCUT2D eigenvalue weighted by molar-refractivity contribution is 7.07. The van der Waals surface area contributed by atoms with Gasteiger partial charge < -0.3 is 4.90 Å². The van der Waals surface area contributed by atoms with Gasteiger partial charge in [-0.25, -0.2) is 0 Å². The molecule has 2 aromatic rings. The lowest BCUT2D eigenvalue weighted by Gasteiger charge is -2.27. The van der Waals surface area contributed by atoms with Crippen LogP contribution >= 0.6 is 34.5 Å². The maximum absolute atomic E-state index is 6.27. The lowest BCUT2D eigenvalue weighted by molar-refractivity contribution is 0.792. The molecule has 1 fully saturated rings. The molecule has 0 N–H and O–H groups in total. The molecule has 0 amide bonds. The molecule has 0 aliphatic heterocycles. The predicted octanol–water partition coefficient (Wildman–Crippen LogP) is 5.31. The molecule has 1 aromatic heterocycles. The summed E-state index contributed by atoms with van der Waals surface area (Å²) in [5.74, 6) is 0.460. The van der Waals surface area contributed by atoms with Gasteiger partial charge in [0.05, 0.1) is 5.88 Å². The predicted molar refractivity (Wildman–Crippen MR) is 84.5 cm³/mol. The van der Waals surface area contributed by atoms with E-state index >= 15 is 0 Å². The number of benzene rings is 1. The van der Waals surface area contributed by atoms with Crippen LogP contribution in [0.15, 0.2) is 35.0 Å². The van der Waals surface area contributed by atoms with Crippen LogP contribution in [0.3, 0.4) is 0 Å². The van der Waals surface area contributed by atoms with Gasteiger partial charge in [-0.1, -0.05) is 17.7 Å². The fourth-order valence-corrected chi connectivity index (χ4v) is 3.57. The molecule has 1 nitrogen and oxygen atoms in total. The van der Waals surface area contributed by atoms with Crippen molar-refractivity contribution in [3.63, 3.8) is 0 Å². The molecule has 1 aliphatic carbocycles. The van der Waals surface area contributed by atoms with Crippen LogP contribution in [-0.4, -0.2) is 6.04 Å². The zero-order valence-electron chi connectivity index (χ0n) is 10.5. The maximum atomic E-state index is 6.27. The number of rotatable bonds is 5. The van der Waals surface area contributed by atoms with Crippen LogP contribution in [0, 0.1) is 0 Å². The van der Waals surface area contributed by atoms with Crippen molar-refractivity contribution < 1.29 is 0 Å². The van der Waals surface area contributed by atoms with Crippen LogP contribution in [0.25, 0.3) is 0 Å². The van der Waals surface area contributed by atoms with Gasteiger partial charge in [-0.2, -0.15) is 11.3 Å². The summed E-state index contributed by atoms with van der Waals surface area (Å²) in [4.78, 5) is 2.45. The SMILES string of the molecule is ClCc1c(Cl)cccc1N(Cc1ccsc1)C1CC1. The van der Waals surface area contributed by atoms with E-state index in [4.69, 9.17) is 23.2 Å². The molecule has 0 radical (unpaired) electrons. The summed E-state index contributed by atoms with van der Waals surface area (Å²) in [7, 11) is 0. The molecule has 0 bridgehead atoms. The van der Waals surface area contributed by atoms with E-state index in [0.717, 1.165) is 17.1 Å². The molecule has 0 unspecified atom stereocenters. The van der Waals surface area contributed by atoms with Crippen LogP contribution in [0.2, 0.25) is 5.02 Å². The number of hydrogen-bond donors (Lipinski definition) is 0. The first-order chi connectivity index (χ1) is 9.29. The van der Waals surface area contributed by atoms with Crippen LogP contribution in [0.5, 0.6) is 0 Å². The van der Waals surface area contributed by atoms with E-state index in [1.165, 1.54) is 24.1 Å². The minimum Gasteiger partial charge on any atom is -0.364 e. The van der Waals surface area contributed by atoms with Crippen LogP contribution in [-0.2, 0) is 12.4 Å². The van der Waals surface area contributed by atoms with Crippen molar-refractivity contribution in [2.45, 2.75) is 31.3 Å². The standard InChI is InChI=1S/C15H15Cl2NS/c16-8-13-14(17)2-1-3-15(13)18(12-4-5-12)9-11-6-7-19-10-11/h1-3,6-7,10,12H,4-5,8-9H2. The lowest BCUT2D eigenvalue weighted by Crippen LogP contribution is -2.25. The summed E-state index contributed by atoms with van der Waals surface area (Å²) >= 11 is 14.1. The number of halogens is 2. The zero-order valence-corrected chi connectivity index (χ0v) is 12.8. The van der Waals surface area contributed by atoms with Crippen molar-refractivity contribution in [3.8, 4) is 0 Å². The van der Waals surface area contributed by atoms with E-state index in [0.29, 0.717) is 11.9 Å². The normalized spacial score (nSPS) is 14.6. The topological polar surface area (TPSA) is 3.24 Å². The Morgan fingerprint density at radius 1 is 1.26 bits per heavy atom. The van der Waals surface area contributed by atoms with Gasteiger partial charge >= 0.3 is 0 Å². The number of hydrogen-bond acceptors (Lipinski definition) is 2. The number of anilines is 1. The van der Waals surface area contributed by atoms with Gasteiger partial charge in [0.25, 0.3) is 0 Å². The third-order valence-electron chi connectivity index (χ3n) is 3.46. The molecular formula is C15H15Cl2NS. The van der Waals surface area contributed by atoms with Gasteiger partial charge in [0.1, 0.15) is 0 Å². The van der Waals surface area contributed by atoms with Crippen molar-refractivity contribution in [1.82, 2.24) is 0 Å². The molecule has 1 aliphatic rings. The number of thiophene rings is 1. The fourth-order valence-electron chi connectivity index (χ4n) is 2.33. The monoisotopic (exact) mass is 311 g/mol. The summed E-state index contributed by atoms with van der Waals surface area (Å²) in [6, 6.07) is 8.88. The summed E-state index contributed by atoms with van der Waals surface area (Å²) in [5.41, 5.74) is 3.60. The Labute approximate surface area is 127 Å². The van der Waals surface area contributed by atoms with Gasteiger partial charge in [-0.15, -0.1) is 11.6 Å². The van der Waals surface area contributed by atoms with E-state index < -0.39 is 0 Å². The van der Waals surface area contributed by atoms with E-state index in [9.17, 15) is 0 Å². The second-order valence-corrected chi connectivity index (χ2v) is 6.32. The maximum Gasteiger partial charge on any atom is 0.0509 e. The van der Waals surface area contributed by atoms with E-state index in [2.05, 4.69) is 27.8 Å². The summed E-state index contributed by atoms with van der Waals surface area (Å²) < 4.78 is 0. The minimum atomic E-state index is 0.460. The first kappa shape index (κ1) is 13.3. The van der Waals surface area contributed by atoms with Gasteiger partial charge in [0.2, 0.25) is 0 Å². The first-order valence-corrected chi connectivity index (χ1v) is 8.26. The van der Waals surface area contributed by atoms with Gasteiger partial charge in [-0.3, -0.25) is 0 Å². The van der Waals surface area contributed by atoms with E-state index in [-0.39, 0.29) is 0 Å². The highest BCUT2D eigenvalue weighted by Gasteiger charge is 2.30. The highest BCUT2D eigenvalue weighted by Crippen LogP contribution is 2.37. The van der Waals surface area contributed by atoms with Gasteiger partial charge in [-0.05, 0) is 47.4 Å². The smallest absolute Gasteiger partial charge is 0.0509 e. The molecule has 1 saturated carbocycles. The molecule has 1 heterocycles. The Morgan fingerprint density at radius 3 is 2.74 bits per heavy atom. The van der Waals surface area contributed by atoms with Crippen LogP contribution < -0.4 is 4.90 Å². The van der Waals surface area contributed by atoms with Crippen molar-refractivity contribution in [2.24, 2.45) is 0 Å². The van der Waals surface area contributed by atoms with Crippen molar-refractivity contribution in [3.05, 3.63) is 51.2 Å². The van der Waals surface area contributed by atoms with E-state index in [1.54, 1.807) is 11.3 Å². The van der Waals surface area contributed by atoms with Crippen molar-refractivity contribution >= 4 is 40.2 Å². The Balaban J connectivity index is 1.94. The molecule has 0 saturated heterocycles. The minimum absolute atomic E-state index is 0.460. The average molecular weight is 312 g/mol. The summed E-state index contributed by atoms with van der Waals surface area (Å²) in [5, 5.41) is 5.10. The largest absolute Gasteiger partial charge is 0.364 e. The molecule has 4 heteroatoms. The Hall–Kier alpha value is -0.700. The quantitative estimate of drug-likeness (QED) is 0.676. The van der Waals surface area contributed by atoms with Crippen LogP contribution in [0.4, 0.5) is 5.69 Å². The molecule has 19 heavy (non-hydrogen) atoms. The molecule has 0 spiro atoms. The molecule has 0 atom stereocenters. The Bertz CT molecular complexity index is 549. The van der Waals surface area contributed by atoms with Gasteiger partial charge in [0.15, 0.2) is 0 Å².